The smallest absolute Gasteiger partial charge is 0.369 e. The highest BCUT2D eigenvalue weighted by Crippen LogP contribution is 2.29. The summed E-state index contributed by atoms with van der Waals surface area (Å²) in [7, 11) is 0. The summed E-state index contributed by atoms with van der Waals surface area (Å²) in [6.45, 7) is 3.89. The molecule has 1 saturated heterocycles. The summed E-state index contributed by atoms with van der Waals surface area (Å²) in [6.07, 6.45) is 4.09. The number of hydrogen-bond acceptors (Lipinski definition) is 4. The third-order valence-corrected chi connectivity index (χ3v) is 5.13. The number of oxime groups is 1. The number of likely N-dealkylation sites (tertiary alicyclic amines) is 1. The Balaban J connectivity index is 1.48. The van der Waals surface area contributed by atoms with Crippen LogP contribution in [-0.4, -0.2) is 29.7 Å². The minimum absolute atomic E-state index is 0.370. The molecule has 2 aliphatic rings. The van der Waals surface area contributed by atoms with E-state index in [1.807, 2.05) is 37.4 Å². The van der Waals surface area contributed by atoms with Crippen molar-refractivity contribution >= 4 is 11.7 Å². The summed E-state index contributed by atoms with van der Waals surface area (Å²) in [4.78, 5) is 19.3. The molecule has 2 aliphatic heterocycles. The summed E-state index contributed by atoms with van der Waals surface area (Å²) in [5, 5.41) is 4.00. The highest BCUT2D eigenvalue weighted by Gasteiger charge is 2.28. The van der Waals surface area contributed by atoms with Crippen molar-refractivity contribution in [3.8, 4) is 0 Å². The summed E-state index contributed by atoms with van der Waals surface area (Å²) in [6, 6.07) is 18.7. The van der Waals surface area contributed by atoms with Gasteiger partial charge in [-0.3, -0.25) is 0 Å². The van der Waals surface area contributed by atoms with Crippen LogP contribution in [0.25, 0.3) is 0 Å². The lowest BCUT2D eigenvalue weighted by Gasteiger charge is -2.31. The number of benzene rings is 2. The normalized spacial score (nSPS) is 19.6. The molecule has 132 valence electrons. The van der Waals surface area contributed by atoms with Gasteiger partial charge in [0, 0.05) is 24.9 Å². The lowest BCUT2D eigenvalue weighted by Crippen LogP contribution is -2.30. The SMILES string of the molecule is Cc1ccc(C2=NOC(=O)C2=CN2CCC(c3ccccc3)CC2)cc1. The molecule has 0 unspecified atom stereocenters. The highest BCUT2D eigenvalue weighted by atomic mass is 16.7. The molecule has 4 rings (SSSR count). The van der Waals surface area contributed by atoms with E-state index in [1.165, 1.54) is 11.1 Å². The van der Waals surface area contributed by atoms with Crippen LogP contribution in [0.5, 0.6) is 0 Å². The van der Waals surface area contributed by atoms with Crippen LogP contribution in [0, 0.1) is 6.92 Å². The van der Waals surface area contributed by atoms with Crippen LogP contribution in [0.1, 0.15) is 35.4 Å². The van der Waals surface area contributed by atoms with Gasteiger partial charge in [-0.2, -0.15) is 0 Å². The molecule has 0 atom stereocenters. The van der Waals surface area contributed by atoms with Gasteiger partial charge in [-0.25, -0.2) is 4.79 Å². The number of carbonyl (C=O) groups is 1. The fraction of sp³-hybridized carbons (Fsp3) is 0.273. The Labute approximate surface area is 153 Å². The lowest BCUT2D eigenvalue weighted by molar-refractivity contribution is -0.136. The van der Waals surface area contributed by atoms with Crippen LogP contribution in [-0.2, 0) is 9.63 Å². The van der Waals surface area contributed by atoms with Gasteiger partial charge in [0.25, 0.3) is 0 Å². The van der Waals surface area contributed by atoms with Gasteiger partial charge in [-0.05, 0) is 31.2 Å². The van der Waals surface area contributed by atoms with Gasteiger partial charge in [0.05, 0.1) is 0 Å². The summed E-state index contributed by atoms with van der Waals surface area (Å²) in [5.41, 5.74) is 4.66. The van der Waals surface area contributed by atoms with Crippen LogP contribution in [0.4, 0.5) is 0 Å². The highest BCUT2D eigenvalue weighted by molar-refractivity contribution is 6.28. The molecule has 0 radical (unpaired) electrons. The number of rotatable bonds is 3. The van der Waals surface area contributed by atoms with E-state index in [4.69, 9.17) is 4.84 Å². The molecule has 1 fully saturated rings. The molecule has 0 aliphatic carbocycles. The Morgan fingerprint density at radius 2 is 1.73 bits per heavy atom. The van der Waals surface area contributed by atoms with E-state index >= 15 is 0 Å². The van der Waals surface area contributed by atoms with E-state index in [9.17, 15) is 4.79 Å². The number of hydrogen-bond donors (Lipinski definition) is 0. The molecule has 4 nitrogen and oxygen atoms in total. The average molecular weight is 346 g/mol. The van der Waals surface area contributed by atoms with E-state index in [0.29, 0.717) is 17.2 Å². The van der Waals surface area contributed by atoms with Gasteiger partial charge in [0.1, 0.15) is 11.3 Å². The molecule has 0 amide bonds. The fourth-order valence-corrected chi connectivity index (χ4v) is 3.59. The molecular formula is C22H22N2O2. The van der Waals surface area contributed by atoms with E-state index in [1.54, 1.807) is 0 Å². The second-order valence-corrected chi connectivity index (χ2v) is 6.95. The number of nitrogens with zero attached hydrogens (tertiary/aromatic N) is 2. The van der Waals surface area contributed by atoms with Crippen molar-refractivity contribution in [3.05, 3.63) is 83.1 Å². The Morgan fingerprint density at radius 1 is 1.04 bits per heavy atom. The third-order valence-electron chi connectivity index (χ3n) is 5.13. The second kappa shape index (κ2) is 7.16. The largest absolute Gasteiger partial charge is 0.377 e. The van der Waals surface area contributed by atoms with Crippen LogP contribution in [0.15, 0.2) is 71.5 Å². The molecule has 2 heterocycles. The van der Waals surface area contributed by atoms with E-state index in [0.717, 1.165) is 31.5 Å². The Bertz CT molecular complexity index is 845. The minimum atomic E-state index is -0.370. The summed E-state index contributed by atoms with van der Waals surface area (Å²) < 4.78 is 0. The molecule has 26 heavy (non-hydrogen) atoms. The molecule has 0 aromatic heterocycles. The first kappa shape index (κ1) is 16.6. The summed E-state index contributed by atoms with van der Waals surface area (Å²) >= 11 is 0. The Morgan fingerprint density at radius 3 is 2.42 bits per heavy atom. The van der Waals surface area contributed by atoms with Crippen LogP contribution in [0.3, 0.4) is 0 Å². The summed E-state index contributed by atoms with van der Waals surface area (Å²) in [5.74, 6) is 0.220. The molecular weight excluding hydrogens is 324 g/mol. The second-order valence-electron chi connectivity index (χ2n) is 6.95. The van der Waals surface area contributed by atoms with Crippen LogP contribution < -0.4 is 0 Å². The zero-order chi connectivity index (χ0) is 17.9. The lowest BCUT2D eigenvalue weighted by atomic mass is 9.89. The maximum Gasteiger partial charge on any atom is 0.369 e. The third kappa shape index (κ3) is 3.40. The van der Waals surface area contributed by atoms with E-state index < -0.39 is 0 Å². The number of piperidine rings is 1. The van der Waals surface area contributed by atoms with Gasteiger partial charge < -0.3 is 9.74 Å². The van der Waals surface area contributed by atoms with Crippen molar-refractivity contribution in [1.29, 1.82) is 0 Å². The van der Waals surface area contributed by atoms with E-state index in [-0.39, 0.29) is 5.97 Å². The van der Waals surface area contributed by atoms with Crippen molar-refractivity contribution in [2.75, 3.05) is 13.1 Å². The standard InChI is InChI=1S/C22H22N2O2/c1-16-7-9-19(10-8-16)21-20(22(25)26-23-21)15-24-13-11-18(12-14-24)17-5-3-2-4-6-17/h2-10,15,18H,11-14H2,1H3. The maximum atomic E-state index is 12.2. The van der Waals surface area contributed by atoms with Gasteiger partial charge in [-0.15, -0.1) is 0 Å². The zero-order valence-corrected chi connectivity index (χ0v) is 14.9. The van der Waals surface area contributed by atoms with Crippen molar-refractivity contribution < 1.29 is 9.63 Å². The number of aryl methyl sites for hydroxylation is 1. The van der Waals surface area contributed by atoms with Crippen molar-refractivity contribution in [1.82, 2.24) is 4.90 Å². The van der Waals surface area contributed by atoms with Crippen molar-refractivity contribution in [2.45, 2.75) is 25.7 Å². The van der Waals surface area contributed by atoms with Gasteiger partial charge in [-0.1, -0.05) is 65.3 Å². The van der Waals surface area contributed by atoms with Crippen LogP contribution >= 0.6 is 0 Å². The Kier molecular flexibility index (Phi) is 4.57. The van der Waals surface area contributed by atoms with Crippen molar-refractivity contribution in [2.24, 2.45) is 5.16 Å². The molecule has 0 saturated carbocycles. The molecule has 0 bridgehead atoms. The molecule has 2 aromatic rings. The van der Waals surface area contributed by atoms with Gasteiger partial charge >= 0.3 is 5.97 Å². The Hall–Kier alpha value is -2.88. The monoisotopic (exact) mass is 346 g/mol. The molecule has 0 N–H and O–H groups in total. The van der Waals surface area contributed by atoms with E-state index in [2.05, 4.69) is 40.4 Å². The first-order valence-corrected chi connectivity index (χ1v) is 9.08. The molecule has 2 aromatic carbocycles. The molecule has 0 spiro atoms. The topological polar surface area (TPSA) is 41.9 Å². The van der Waals surface area contributed by atoms with Crippen molar-refractivity contribution in [3.63, 3.8) is 0 Å². The van der Waals surface area contributed by atoms with Gasteiger partial charge in [0.2, 0.25) is 0 Å². The fourth-order valence-electron chi connectivity index (χ4n) is 3.59. The molecule has 4 heteroatoms. The first-order chi connectivity index (χ1) is 12.7. The zero-order valence-electron chi connectivity index (χ0n) is 14.9. The predicted octanol–water partition coefficient (Wildman–Crippen LogP) is 4.02. The first-order valence-electron chi connectivity index (χ1n) is 9.08. The van der Waals surface area contributed by atoms with Gasteiger partial charge in [0.15, 0.2) is 0 Å². The van der Waals surface area contributed by atoms with Crippen LogP contribution in [0.2, 0.25) is 0 Å². The average Bonchev–Trinajstić information content (AvgIpc) is 3.04. The maximum absolute atomic E-state index is 12.2. The minimum Gasteiger partial charge on any atom is -0.377 e. The predicted molar refractivity (Wildman–Crippen MR) is 102 cm³/mol. The quantitative estimate of drug-likeness (QED) is 0.623. The number of carbonyl (C=O) groups excluding carboxylic acids is 1.